The molecule has 0 atom stereocenters. The van der Waals surface area contributed by atoms with Gasteiger partial charge in [-0.15, -0.1) is 0 Å². The van der Waals surface area contributed by atoms with Crippen molar-refractivity contribution in [3.8, 4) is 5.95 Å². The topological polar surface area (TPSA) is 116 Å². The second-order valence-electron chi connectivity index (χ2n) is 6.65. The van der Waals surface area contributed by atoms with Gasteiger partial charge < -0.3 is 11.1 Å². The maximum Gasteiger partial charge on any atom is 0.251 e. The van der Waals surface area contributed by atoms with Crippen molar-refractivity contribution in [2.45, 2.75) is 34.1 Å². The Morgan fingerprint density at radius 2 is 1.71 bits per heavy atom. The third-order valence-corrected chi connectivity index (χ3v) is 4.41. The number of hydrogen-bond donors (Lipinski definition) is 2. The van der Waals surface area contributed by atoms with Gasteiger partial charge in [0.05, 0.1) is 23.4 Å². The average molecular weight is 378 g/mol. The summed E-state index contributed by atoms with van der Waals surface area (Å²) >= 11 is 0. The summed E-state index contributed by atoms with van der Waals surface area (Å²) in [5.41, 5.74) is 10.0. The van der Waals surface area contributed by atoms with Crippen molar-refractivity contribution in [2.24, 2.45) is 5.73 Å². The number of nitrogens with zero attached hydrogens (tertiary/aromatic N) is 4. The lowest BCUT2D eigenvalue weighted by Gasteiger charge is -2.09. The molecule has 2 aromatic heterocycles. The molecular formula is C20H22N6O2. The number of aromatic nitrogens is 4. The molecule has 3 N–H and O–H groups in total. The Morgan fingerprint density at radius 3 is 2.36 bits per heavy atom. The van der Waals surface area contributed by atoms with Gasteiger partial charge in [-0.25, -0.2) is 14.6 Å². The van der Waals surface area contributed by atoms with E-state index in [1.165, 1.54) is 0 Å². The molecule has 8 nitrogen and oxygen atoms in total. The van der Waals surface area contributed by atoms with Gasteiger partial charge in [-0.3, -0.25) is 9.59 Å². The number of aryl methyl sites for hydroxylation is 3. The zero-order valence-electron chi connectivity index (χ0n) is 16.3. The summed E-state index contributed by atoms with van der Waals surface area (Å²) in [6.07, 6.45) is 0.107. The van der Waals surface area contributed by atoms with Crippen LogP contribution in [0.25, 0.3) is 5.95 Å². The number of carbonyl (C=O) groups excluding carboxylic acids is 2. The van der Waals surface area contributed by atoms with Crippen molar-refractivity contribution >= 4 is 17.5 Å². The summed E-state index contributed by atoms with van der Waals surface area (Å²) in [6, 6.07) is 8.53. The first-order chi connectivity index (χ1) is 13.3. The Balaban J connectivity index is 1.86. The van der Waals surface area contributed by atoms with Crippen molar-refractivity contribution in [2.75, 3.05) is 5.32 Å². The van der Waals surface area contributed by atoms with Gasteiger partial charge in [-0.05, 0) is 45.9 Å². The van der Waals surface area contributed by atoms with E-state index in [9.17, 15) is 9.59 Å². The van der Waals surface area contributed by atoms with Gasteiger partial charge in [0.1, 0.15) is 0 Å². The molecular weight excluding hydrogens is 356 g/mol. The molecule has 0 spiro atoms. The standard InChI is InChI=1S/C20H22N6O2/c1-11-9-12(2)23-20(22-11)26-14(4)16(13(3)25-26)10-18(27)24-17-8-6-5-7-15(17)19(21)28/h5-9H,10H2,1-4H3,(H2,21,28)(H,24,27). The van der Waals surface area contributed by atoms with E-state index in [4.69, 9.17) is 5.73 Å². The average Bonchev–Trinajstić information content (AvgIpc) is 2.89. The predicted molar refractivity (Wildman–Crippen MR) is 105 cm³/mol. The highest BCUT2D eigenvalue weighted by Gasteiger charge is 2.18. The lowest BCUT2D eigenvalue weighted by atomic mass is 10.1. The highest BCUT2D eigenvalue weighted by molar-refractivity contribution is 6.03. The van der Waals surface area contributed by atoms with Gasteiger partial charge in [-0.2, -0.15) is 5.10 Å². The number of para-hydroxylation sites is 1. The number of nitrogens with one attached hydrogen (secondary N) is 1. The molecule has 28 heavy (non-hydrogen) atoms. The van der Waals surface area contributed by atoms with E-state index in [1.807, 2.05) is 33.8 Å². The number of nitrogens with two attached hydrogens (primary N) is 1. The summed E-state index contributed by atoms with van der Waals surface area (Å²) in [4.78, 5) is 33.0. The van der Waals surface area contributed by atoms with Crippen LogP contribution >= 0.6 is 0 Å². The number of amides is 2. The number of carbonyl (C=O) groups is 2. The molecule has 0 unspecified atom stereocenters. The Morgan fingerprint density at radius 1 is 1.07 bits per heavy atom. The van der Waals surface area contributed by atoms with Crippen molar-refractivity contribution < 1.29 is 9.59 Å². The molecule has 3 aromatic rings. The molecule has 0 aliphatic heterocycles. The SMILES string of the molecule is Cc1cc(C)nc(-n2nc(C)c(CC(=O)Nc3ccccc3C(N)=O)c2C)n1. The molecule has 0 saturated heterocycles. The maximum absolute atomic E-state index is 12.6. The van der Waals surface area contributed by atoms with Gasteiger partial charge in [0.25, 0.3) is 11.9 Å². The van der Waals surface area contributed by atoms with E-state index in [0.29, 0.717) is 11.6 Å². The molecule has 0 bridgehead atoms. The van der Waals surface area contributed by atoms with Gasteiger partial charge in [0, 0.05) is 22.6 Å². The van der Waals surface area contributed by atoms with Crippen LogP contribution in [0.4, 0.5) is 5.69 Å². The fraction of sp³-hybridized carbons (Fsp3) is 0.250. The number of rotatable bonds is 5. The van der Waals surface area contributed by atoms with E-state index in [2.05, 4.69) is 20.4 Å². The Kier molecular flexibility index (Phi) is 5.21. The number of benzene rings is 1. The van der Waals surface area contributed by atoms with Crippen LogP contribution in [-0.2, 0) is 11.2 Å². The Labute approximate surface area is 162 Å². The first-order valence-electron chi connectivity index (χ1n) is 8.82. The lowest BCUT2D eigenvalue weighted by Crippen LogP contribution is -2.20. The first-order valence-corrected chi connectivity index (χ1v) is 8.82. The van der Waals surface area contributed by atoms with Crippen molar-refractivity contribution in [1.82, 2.24) is 19.7 Å². The molecule has 1 aromatic carbocycles. The van der Waals surface area contributed by atoms with Crippen LogP contribution < -0.4 is 11.1 Å². The zero-order chi connectivity index (χ0) is 20.4. The van der Waals surface area contributed by atoms with Crippen LogP contribution in [0.15, 0.2) is 30.3 Å². The van der Waals surface area contributed by atoms with Crippen molar-refractivity contribution in [3.63, 3.8) is 0 Å². The maximum atomic E-state index is 12.6. The van der Waals surface area contributed by atoms with Crippen LogP contribution in [-0.4, -0.2) is 31.6 Å². The largest absolute Gasteiger partial charge is 0.366 e. The summed E-state index contributed by atoms with van der Waals surface area (Å²) < 4.78 is 1.65. The lowest BCUT2D eigenvalue weighted by molar-refractivity contribution is -0.115. The van der Waals surface area contributed by atoms with Crippen molar-refractivity contribution in [3.05, 3.63) is 64.2 Å². The monoisotopic (exact) mass is 378 g/mol. The number of hydrogen-bond acceptors (Lipinski definition) is 5. The third kappa shape index (κ3) is 3.90. The molecule has 0 aliphatic carbocycles. The summed E-state index contributed by atoms with van der Waals surface area (Å²) in [7, 11) is 0. The summed E-state index contributed by atoms with van der Waals surface area (Å²) in [6.45, 7) is 7.51. The Bertz CT molecular complexity index is 1050. The molecule has 0 fully saturated rings. The fourth-order valence-corrected chi connectivity index (χ4v) is 3.09. The zero-order valence-corrected chi connectivity index (χ0v) is 16.3. The minimum Gasteiger partial charge on any atom is -0.366 e. The number of anilines is 1. The van der Waals surface area contributed by atoms with E-state index in [0.717, 1.165) is 28.3 Å². The smallest absolute Gasteiger partial charge is 0.251 e. The van der Waals surface area contributed by atoms with Crippen LogP contribution in [0.3, 0.4) is 0 Å². The van der Waals surface area contributed by atoms with Gasteiger partial charge in [0.15, 0.2) is 0 Å². The minimum atomic E-state index is -0.594. The molecule has 144 valence electrons. The van der Waals surface area contributed by atoms with E-state index >= 15 is 0 Å². The first kappa shape index (κ1) is 19.2. The quantitative estimate of drug-likeness (QED) is 0.706. The normalized spacial score (nSPS) is 10.7. The molecule has 0 aliphatic rings. The molecule has 2 heterocycles. The van der Waals surface area contributed by atoms with Crippen LogP contribution in [0.1, 0.15) is 38.7 Å². The van der Waals surface area contributed by atoms with Gasteiger partial charge in [-0.1, -0.05) is 12.1 Å². The summed E-state index contributed by atoms with van der Waals surface area (Å²) in [5.74, 6) is -0.382. The third-order valence-electron chi connectivity index (χ3n) is 4.41. The van der Waals surface area contributed by atoms with Crippen LogP contribution in [0.2, 0.25) is 0 Å². The summed E-state index contributed by atoms with van der Waals surface area (Å²) in [5, 5.41) is 7.26. The molecule has 3 rings (SSSR count). The van der Waals surface area contributed by atoms with Crippen molar-refractivity contribution in [1.29, 1.82) is 0 Å². The Hall–Kier alpha value is -3.55. The molecule has 2 amide bonds. The van der Waals surface area contributed by atoms with Crippen LogP contribution in [0, 0.1) is 27.7 Å². The highest BCUT2D eigenvalue weighted by Crippen LogP contribution is 2.19. The van der Waals surface area contributed by atoms with Gasteiger partial charge >= 0.3 is 0 Å². The molecule has 8 heteroatoms. The second kappa shape index (κ2) is 7.59. The van der Waals surface area contributed by atoms with Gasteiger partial charge in [0.2, 0.25) is 5.91 Å². The number of primary amides is 1. The molecule has 0 radical (unpaired) electrons. The highest BCUT2D eigenvalue weighted by atomic mass is 16.2. The van der Waals surface area contributed by atoms with E-state index in [-0.39, 0.29) is 17.9 Å². The fourth-order valence-electron chi connectivity index (χ4n) is 3.09. The predicted octanol–water partition coefficient (Wildman–Crippen LogP) is 2.18. The molecule has 0 saturated carbocycles. The second-order valence-corrected chi connectivity index (χ2v) is 6.65. The van der Waals surface area contributed by atoms with E-state index < -0.39 is 5.91 Å². The van der Waals surface area contributed by atoms with E-state index in [1.54, 1.807) is 28.9 Å². The minimum absolute atomic E-state index is 0.107. The van der Waals surface area contributed by atoms with Crippen LogP contribution in [0.5, 0.6) is 0 Å².